The van der Waals surface area contributed by atoms with E-state index in [1.54, 1.807) is 17.5 Å². The van der Waals surface area contributed by atoms with E-state index in [1.807, 2.05) is 12.3 Å². The Morgan fingerprint density at radius 3 is 3.00 bits per heavy atom. The Labute approximate surface area is 93.8 Å². The Bertz CT molecular complexity index is 423. The second kappa shape index (κ2) is 4.55. The van der Waals surface area contributed by atoms with Gasteiger partial charge in [-0.05, 0) is 35.6 Å². The van der Waals surface area contributed by atoms with Gasteiger partial charge >= 0.3 is 0 Å². The molecule has 0 spiro atoms. The van der Waals surface area contributed by atoms with Crippen LogP contribution in [0.5, 0.6) is 0 Å². The van der Waals surface area contributed by atoms with Crippen molar-refractivity contribution >= 4 is 11.3 Å². The van der Waals surface area contributed by atoms with Crippen LogP contribution in [0, 0.1) is 6.92 Å². The van der Waals surface area contributed by atoms with Crippen LogP contribution in [0.4, 0.5) is 0 Å². The molecule has 0 radical (unpaired) electrons. The first-order valence-electron chi connectivity index (χ1n) is 4.96. The third kappa shape index (κ3) is 2.43. The second-order valence-corrected chi connectivity index (χ2v) is 4.65. The van der Waals surface area contributed by atoms with Gasteiger partial charge in [-0.25, -0.2) is 0 Å². The lowest BCUT2D eigenvalue weighted by atomic mass is 10.0. The Hall–Kier alpha value is -1.19. The average Bonchev–Trinajstić information content (AvgIpc) is 2.71. The number of hydrogen-bond acceptors (Lipinski definition) is 3. The van der Waals surface area contributed by atoms with Crippen molar-refractivity contribution in [3.8, 4) is 0 Å². The van der Waals surface area contributed by atoms with Crippen LogP contribution < -0.4 is 5.73 Å². The highest BCUT2D eigenvalue weighted by atomic mass is 32.1. The highest BCUT2D eigenvalue weighted by molar-refractivity contribution is 7.09. The van der Waals surface area contributed by atoms with E-state index in [9.17, 15) is 0 Å². The zero-order chi connectivity index (χ0) is 10.7. The van der Waals surface area contributed by atoms with Gasteiger partial charge in [0.25, 0.3) is 0 Å². The van der Waals surface area contributed by atoms with E-state index in [4.69, 9.17) is 5.73 Å². The molecule has 0 aromatic carbocycles. The van der Waals surface area contributed by atoms with Crippen LogP contribution in [0.3, 0.4) is 0 Å². The Morgan fingerprint density at radius 2 is 2.33 bits per heavy atom. The molecule has 15 heavy (non-hydrogen) atoms. The molecule has 0 aliphatic rings. The lowest BCUT2D eigenvalue weighted by molar-refractivity contribution is 0.720. The first kappa shape index (κ1) is 10.3. The molecule has 2 heterocycles. The van der Waals surface area contributed by atoms with Crippen LogP contribution in [-0.4, -0.2) is 4.98 Å². The number of rotatable bonds is 3. The van der Waals surface area contributed by atoms with Crippen molar-refractivity contribution < 1.29 is 0 Å². The first-order valence-corrected chi connectivity index (χ1v) is 5.84. The molecule has 0 fully saturated rings. The molecule has 0 saturated carbocycles. The van der Waals surface area contributed by atoms with Crippen LogP contribution in [0.25, 0.3) is 0 Å². The molecule has 2 aromatic rings. The van der Waals surface area contributed by atoms with Crippen molar-refractivity contribution in [1.82, 2.24) is 4.98 Å². The van der Waals surface area contributed by atoms with E-state index in [-0.39, 0.29) is 6.04 Å². The predicted molar refractivity (Wildman–Crippen MR) is 63.9 cm³/mol. The van der Waals surface area contributed by atoms with E-state index in [2.05, 4.69) is 29.4 Å². The number of nitrogens with zero attached hydrogens (tertiary/aromatic N) is 1. The summed E-state index contributed by atoms with van der Waals surface area (Å²) in [6.45, 7) is 2.07. The SMILES string of the molecule is Cc1ccncc1C(N)Cc1cccs1. The summed E-state index contributed by atoms with van der Waals surface area (Å²) in [6.07, 6.45) is 4.56. The van der Waals surface area contributed by atoms with Crippen molar-refractivity contribution in [2.45, 2.75) is 19.4 Å². The van der Waals surface area contributed by atoms with Gasteiger partial charge in [-0.15, -0.1) is 11.3 Å². The Morgan fingerprint density at radius 1 is 1.47 bits per heavy atom. The van der Waals surface area contributed by atoms with E-state index in [0.717, 1.165) is 12.0 Å². The van der Waals surface area contributed by atoms with Crippen LogP contribution in [0.1, 0.15) is 22.0 Å². The van der Waals surface area contributed by atoms with E-state index < -0.39 is 0 Å². The smallest absolute Gasteiger partial charge is 0.0361 e. The number of aromatic nitrogens is 1. The monoisotopic (exact) mass is 218 g/mol. The molecule has 0 amide bonds. The molecule has 2 rings (SSSR count). The molecule has 2 nitrogen and oxygen atoms in total. The lowest BCUT2D eigenvalue weighted by Crippen LogP contribution is -2.14. The predicted octanol–water partition coefficient (Wildman–Crippen LogP) is 2.69. The van der Waals surface area contributed by atoms with E-state index in [0.29, 0.717) is 0 Å². The van der Waals surface area contributed by atoms with Crippen LogP contribution in [0.2, 0.25) is 0 Å². The third-order valence-corrected chi connectivity index (χ3v) is 3.38. The van der Waals surface area contributed by atoms with Gasteiger partial charge in [0.05, 0.1) is 0 Å². The van der Waals surface area contributed by atoms with Crippen molar-refractivity contribution in [1.29, 1.82) is 0 Å². The van der Waals surface area contributed by atoms with Crippen molar-refractivity contribution in [3.63, 3.8) is 0 Å². The zero-order valence-electron chi connectivity index (χ0n) is 8.68. The fraction of sp³-hybridized carbons (Fsp3) is 0.250. The minimum Gasteiger partial charge on any atom is -0.324 e. The molecule has 1 unspecified atom stereocenters. The van der Waals surface area contributed by atoms with Gasteiger partial charge in [0.1, 0.15) is 0 Å². The summed E-state index contributed by atoms with van der Waals surface area (Å²) in [5.74, 6) is 0. The quantitative estimate of drug-likeness (QED) is 0.860. The van der Waals surface area contributed by atoms with Crippen molar-refractivity contribution in [3.05, 3.63) is 52.0 Å². The maximum Gasteiger partial charge on any atom is 0.0361 e. The number of hydrogen-bond donors (Lipinski definition) is 1. The maximum absolute atomic E-state index is 6.15. The molecule has 0 saturated heterocycles. The van der Waals surface area contributed by atoms with E-state index in [1.165, 1.54) is 10.4 Å². The highest BCUT2D eigenvalue weighted by Crippen LogP contribution is 2.20. The third-order valence-electron chi connectivity index (χ3n) is 2.48. The number of aryl methyl sites for hydroxylation is 1. The standard InChI is InChI=1S/C12H14N2S/c1-9-4-5-14-8-11(9)12(13)7-10-3-2-6-15-10/h2-6,8,12H,7,13H2,1H3. The lowest BCUT2D eigenvalue weighted by Gasteiger charge is -2.12. The average molecular weight is 218 g/mol. The Balaban J connectivity index is 2.15. The molecule has 0 bridgehead atoms. The normalized spacial score (nSPS) is 12.7. The minimum absolute atomic E-state index is 0.0531. The molecule has 1 atom stereocenters. The fourth-order valence-electron chi connectivity index (χ4n) is 1.62. The maximum atomic E-state index is 6.15. The highest BCUT2D eigenvalue weighted by Gasteiger charge is 2.09. The van der Waals surface area contributed by atoms with E-state index >= 15 is 0 Å². The van der Waals surface area contributed by atoms with Crippen molar-refractivity contribution in [2.24, 2.45) is 5.73 Å². The summed E-state index contributed by atoms with van der Waals surface area (Å²) in [6, 6.07) is 6.24. The molecule has 2 aromatic heterocycles. The number of nitrogens with two attached hydrogens (primary N) is 1. The number of thiophene rings is 1. The Kier molecular flexibility index (Phi) is 3.14. The largest absolute Gasteiger partial charge is 0.324 e. The molecular formula is C12H14N2S. The summed E-state index contributed by atoms with van der Waals surface area (Å²) in [4.78, 5) is 5.44. The molecular weight excluding hydrogens is 204 g/mol. The van der Waals surface area contributed by atoms with Gasteiger partial charge in [0.15, 0.2) is 0 Å². The molecule has 3 heteroatoms. The summed E-state index contributed by atoms with van der Waals surface area (Å²) < 4.78 is 0. The molecule has 0 aliphatic heterocycles. The summed E-state index contributed by atoms with van der Waals surface area (Å²) in [5, 5.41) is 2.08. The first-order chi connectivity index (χ1) is 7.27. The summed E-state index contributed by atoms with van der Waals surface area (Å²) in [5.41, 5.74) is 8.51. The van der Waals surface area contributed by atoms with Gasteiger partial charge in [-0.1, -0.05) is 6.07 Å². The van der Waals surface area contributed by atoms with Crippen LogP contribution in [0.15, 0.2) is 36.0 Å². The fourth-order valence-corrected chi connectivity index (χ4v) is 2.38. The van der Waals surface area contributed by atoms with Crippen LogP contribution in [-0.2, 0) is 6.42 Å². The zero-order valence-corrected chi connectivity index (χ0v) is 9.50. The summed E-state index contributed by atoms with van der Waals surface area (Å²) >= 11 is 1.75. The topological polar surface area (TPSA) is 38.9 Å². The van der Waals surface area contributed by atoms with Gasteiger partial charge < -0.3 is 5.73 Å². The number of pyridine rings is 1. The van der Waals surface area contributed by atoms with Gasteiger partial charge in [0, 0.05) is 29.7 Å². The molecule has 78 valence electrons. The molecule has 0 aliphatic carbocycles. The minimum atomic E-state index is 0.0531. The van der Waals surface area contributed by atoms with Crippen LogP contribution >= 0.6 is 11.3 Å². The van der Waals surface area contributed by atoms with Gasteiger partial charge in [-0.3, -0.25) is 4.98 Å². The van der Waals surface area contributed by atoms with Gasteiger partial charge in [-0.2, -0.15) is 0 Å². The molecule has 2 N–H and O–H groups in total. The second-order valence-electron chi connectivity index (χ2n) is 3.62. The van der Waals surface area contributed by atoms with Gasteiger partial charge in [0.2, 0.25) is 0 Å². The summed E-state index contributed by atoms with van der Waals surface area (Å²) in [7, 11) is 0. The van der Waals surface area contributed by atoms with Crippen molar-refractivity contribution in [2.75, 3.05) is 0 Å².